The minimum atomic E-state index is -3.56. The molecule has 1 aromatic carbocycles. The summed E-state index contributed by atoms with van der Waals surface area (Å²) in [7, 11) is -3.56. The first kappa shape index (κ1) is 14.0. The predicted molar refractivity (Wildman–Crippen MR) is 70.6 cm³/mol. The van der Waals surface area contributed by atoms with E-state index in [1.165, 1.54) is 0 Å². The summed E-state index contributed by atoms with van der Waals surface area (Å²) in [5, 5.41) is 18.2. The first-order valence-electron chi connectivity index (χ1n) is 6.11. The van der Waals surface area contributed by atoms with Gasteiger partial charge in [-0.2, -0.15) is 5.26 Å². The summed E-state index contributed by atoms with van der Waals surface area (Å²) in [5.74, 6) is -0.238. The highest BCUT2D eigenvalue weighted by molar-refractivity contribution is 7.88. The van der Waals surface area contributed by atoms with Crippen molar-refractivity contribution in [2.75, 3.05) is 6.61 Å². The van der Waals surface area contributed by atoms with Crippen molar-refractivity contribution >= 4 is 10.0 Å². The number of nitrogens with zero attached hydrogens (tertiary/aromatic N) is 1. The van der Waals surface area contributed by atoms with Gasteiger partial charge in [0, 0.05) is 0 Å². The molecule has 0 aliphatic heterocycles. The lowest BCUT2D eigenvalue weighted by atomic mass is 9.78. The number of aliphatic hydroxyl groups excluding tert-OH is 1. The topological polar surface area (TPSA) is 90.2 Å². The molecule has 2 N–H and O–H groups in total. The third kappa shape index (κ3) is 3.13. The van der Waals surface area contributed by atoms with E-state index in [1.807, 2.05) is 6.07 Å². The van der Waals surface area contributed by atoms with Crippen molar-refractivity contribution in [3.05, 3.63) is 35.4 Å². The number of benzene rings is 1. The van der Waals surface area contributed by atoms with Gasteiger partial charge in [0.05, 0.1) is 29.5 Å². The highest BCUT2D eigenvalue weighted by Crippen LogP contribution is 2.32. The van der Waals surface area contributed by atoms with Crippen LogP contribution >= 0.6 is 0 Å². The molecule has 0 atom stereocenters. The van der Waals surface area contributed by atoms with Crippen LogP contribution in [-0.2, 0) is 15.8 Å². The number of hydrogen-bond donors (Lipinski definition) is 2. The number of nitrogens with one attached hydrogen (secondary N) is 1. The molecule has 102 valence electrons. The number of nitriles is 1. The van der Waals surface area contributed by atoms with Crippen molar-refractivity contribution in [3.8, 4) is 6.07 Å². The zero-order valence-electron chi connectivity index (χ0n) is 10.5. The molecule has 0 unspecified atom stereocenters. The summed E-state index contributed by atoms with van der Waals surface area (Å²) in [4.78, 5) is 0. The number of aliphatic hydroxyl groups is 1. The summed E-state index contributed by atoms with van der Waals surface area (Å²) in [6.07, 6.45) is 2.23. The van der Waals surface area contributed by atoms with E-state index in [0.717, 1.165) is 6.42 Å². The van der Waals surface area contributed by atoms with E-state index in [9.17, 15) is 13.5 Å². The van der Waals surface area contributed by atoms with Crippen molar-refractivity contribution in [1.82, 2.24) is 4.72 Å². The van der Waals surface area contributed by atoms with Gasteiger partial charge in [0.25, 0.3) is 0 Å². The van der Waals surface area contributed by atoms with Gasteiger partial charge in [-0.15, -0.1) is 0 Å². The number of rotatable bonds is 5. The van der Waals surface area contributed by atoms with Crippen LogP contribution in [0.2, 0.25) is 0 Å². The third-order valence-corrected chi connectivity index (χ3v) is 4.90. The van der Waals surface area contributed by atoms with E-state index in [2.05, 4.69) is 4.72 Å². The lowest BCUT2D eigenvalue weighted by Crippen LogP contribution is -2.56. The molecule has 0 bridgehead atoms. The first-order valence-corrected chi connectivity index (χ1v) is 7.76. The fourth-order valence-corrected chi connectivity index (χ4v) is 3.88. The van der Waals surface area contributed by atoms with Gasteiger partial charge in [-0.1, -0.05) is 18.2 Å². The summed E-state index contributed by atoms with van der Waals surface area (Å²) in [6.45, 7) is -0.188. The molecule has 1 aromatic rings. The smallest absolute Gasteiger partial charge is 0.216 e. The lowest BCUT2D eigenvalue weighted by Gasteiger charge is -2.40. The Bertz CT molecular complexity index is 595. The molecule has 0 aromatic heterocycles. The van der Waals surface area contributed by atoms with Crippen LogP contribution in [0.3, 0.4) is 0 Å². The first-order chi connectivity index (χ1) is 9.00. The minimum absolute atomic E-state index is 0.188. The van der Waals surface area contributed by atoms with E-state index >= 15 is 0 Å². The van der Waals surface area contributed by atoms with Crippen molar-refractivity contribution in [3.63, 3.8) is 0 Å². The second kappa shape index (κ2) is 5.29. The fourth-order valence-electron chi connectivity index (χ4n) is 2.22. The number of hydrogen-bond acceptors (Lipinski definition) is 4. The molecule has 0 radical (unpaired) electrons. The van der Waals surface area contributed by atoms with Gasteiger partial charge in [-0.3, -0.25) is 0 Å². The highest BCUT2D eigenvalue weighted by Gasteiger charge is 2.39. The maximum Gasteiger partial charge on any atom is 0.216 e. The van der Waals surface area contributed by atoms with E-state index in [1.54, 1.807) is 24.3 Å². The van der Waals surface area contributed by atoms with Gasteiger partial charge in [0.1, 0.15) is 0 Å². The van der Waals surface area contributed by atoms with Gasteiger partial charge >= 0.3 is 0 Å². The Morgan fingerprint density at radius 1 is 1.37 bits per heavy atom. The molecule has 0 spiro atoms. The van der Waals surface area contributed by atoms with Crippen molar-refractivity contribution in [1.29, 1.82) is 5.26 Å². The summed E-state index contributed by atoms with van der Waals surface area (Å²) < 4.78 is 26.8. The van der Waals surface area contributed by atoms with Crippen molar-refractivity contribution in [2.24, 2.45) is 0 Å². The molecule has 0 saturated heterocycles. The molecule has 1 saturated carbocycles. The molecule has 1 aliphatic carbocycles. The van der Waals surface area contributed by atoms with Crippen LogP contribution in [0.5, 0.6) is 0 Å². The molecule has 6 heteroatoms. The second-order valence-electron chi connectivity index (χ2n) is 4.92. The van der Waals surface area contributed by atoms with Crippen molar-refractivity contribution < 1.29 is 13.5 Å². The van der Waals surface area contributed by atoms with E-state index in [4.69, 9.17) is 5.26 Å². The largest absolute Gasteiger partial charge is 0.394 e. The average Bonchev–Trinajstić information content (AvgIpc) is 2.34. The zero-order chi connectivity index (χ0) is 13.9. The van der Waals surface area contributed by atoms with Crippen LogP contribution < -0.4 is 4.72 Å². The molecule has 1 fully saturated rings. The SMILES string of the molecule is N#Cc1ccccc1CS(=O)(=O)NC1(CO)CCC1. The Kier molecular flexibility index (Phi) is 3.90. The van der Waals surface area contributed by atoms with Crippen LogP contribution in [-0.4, -0.2) is 25.7 Å². The van der Waals surface area contributed by atoms with Gasteiger partial charge in [0.2, 0.25) is 10.0 Å². The number of sulfonamides is 1. The molecular formula is C13H16N2O3S. The van der Waals surface area contributed by atoms with E-state index in [-0.39, 0.29) is 12.4 Å². The van der Waals surface area contributed by atoms with E-state index in [0.29, 0.717) is 24.0 Å². The van der Waals surface area contributed by atoms with Crippen LogP contribution in [0, 0.1) is 11.3 Å². The van der Waals surface area contributed by atoms with Gasteiger partial charge in [0.15, 0.2) is 0 Å². The molecule has 2 rings (SSSR count). The Balaban J connectivity index is 2.16. The quantitative estimate of drug-likeness (QED) is 0.838. The van der Waals surface area contributed by atoms with Crippen LogP contribution in [0.1, 0.15) is 30.4 Å². The molecule has 19 heavy (non-hydrogen) atoms. The van der Waals surface area contributed by atoms with Crippen molar-refractivity contribution in [2.45, 2.75) is 30.6 Å². The van der Waals surface area contributed by atoms with E-state index < -0.39 is 15.6 Å². The average molecular weight is 280 g/mol. The zero-order valence-corrected chi connectivity index (χ0v) is 11.3. The van der Waals surface area contributed by atoms with Gasteiger partial charge < -0.3 is 5.11 Å². The highest BCUT2D eigenvalue weighted by atomic mass is 32.2. The van der Waals surface area contributed by atoms with Gasteiger partial charge in [-0.25, -0.2) is 13.1 Å². The lowest BCUT2D eigenvalue weighted by molar-refractivity contribution is 0.110. The molecular weight excluding hydrogens is 264 g/mol. The Morgan fingerprint density at radius 2 is 2.05 bits per heavy atom. The summed E-state index contributed by atoms with van der Waals surface area (Å²) in [6, 6.07) is 8.61. The molecule has 0 heterocycles. The summed E-state index contributed by atoms with van der Waals surface area (Å²) in [5.41, 5.74) is 0.143. The minimum Gasteiger partial charge on any atom is -0.394 e. The Labute approximate surface area is 112 Å². The maximum atomic E-state index is 12.1. The predicted octanol–water partition coefficient (Wildman–Crippen LogP) is 0.893. The fraction of sp³-hybridized carbons (Fsp3) is 0.462. The van der Waals surface area contributed by atoms with Crippen LogP contribution in [0.4, 0.5) is 0 Å². The standard InChI is InChI=1S/C13H16N2O3S/c14-8-11-4-1-2-5-12(11)9-19(17,18)15-13(10-16)6-3-7-13/h1-2,4-5,15-16H,3,6-7,9-10H2. The third-order valence-electron chi connectivity index (χ3n) is 3.47. The monoisotopic (exact) mass is 280 g/mol. The molecule has 5 nitrogen and oxygen atoms in total. The maximum absolute atomic E-state index is 12.1. The second-order valence-corrected chi connectivity index (χ2v) is 6.64. The van der Waals surface area contributed by atoms with Crippen LogP contribution in [0.15, 0.2) is 24.3 Å². The molecule has 0 amide bonds. The summed E-state index contributed by atoms with van der Waals surface area (Å²) >= 11 is 0. The Hall–Kier alpha value is -1.42. The van der Waals surface area contributed by atoms with Crippen LogP contribution in [0.25, 0.3) is 0 Å². The van der Waals surface area contributed by atoms with Gasteiger partial charge in [-0.05, 0) is 30.9 Å². The molecule has 1 aliphatic rings. The normalized spacial score (nSPS) is 17.5. The Morgan fingerprint density at radius 3 is 2.58 bits per heavy atom.